The zero-order valence-electron chi connectivity index (χ0n) is 21.8. The van der Waals surface area contributed by atoms with Crippen molar-refractivity contribution < 1.29 is 45.8 Å². The molecule has 0 amide bonds. The summed E-state index contributed by atoms with van der Waals surface area (Å²) < 4.78 is 87.8. The monoisotopic (exact) mass is 599 g/mol. The number of rotatable bonds is 9. The molecule has 0 aliphatic carbocycles. The highest BCUT2D eigenvalue weighted by Crippen LogP contribution is 2.44. The van der Waals surface area contributed by atoms with E-state index in [0.29, 0.717) is 18.6 Å². The minimum atomic E-state index is -5.12. The Morgan fingerprint density at radius 3 is 2.29 bits per heavy atom. The molecule has 0 aliphatic heterocycles. The van der Waals surface area contributed by atoms with Gasteiger partial charge in [0.2, 0.25) is 5.89 Å². The van der Waals surface area contributed by atoms with Crippen molar-refractivity contribution in [3.05, 3.63) is 76.6 Å². The van der Waals surface area contributed by atoms with Gasteiger partial charge in [0.25, 0.3) is 12.3 Å². The molecule has 4 aromatic rings. The standard InChI is InChI=1S/C27H23F6N3O4S/c1-25(2,24(37)38)12-19-35-36-22(40-19)23-34-18(10-13-4-7-15(28)8-5-13)20(41-23)16-9-6-14(11-17(16)21(29)30)26(3,39)27(31,32)33/h4-9,11,21,39H,10,12H2,1-3H3,(H,37,38). The third-order valence-corrected chi connectivity index (χ3v) is 7.57. The molecule has 0 saturated carbocycles. The van der Waals surface area contributed by atoms with Gasteiger partial charge in [-0.2, -0.15) is 13.2 Å². The number of benzene rings is 2. The predicted octanol–water partition coefficient (Wildman–Crippen LogP) is 6.95. The zero-order chi connectivity index (χ0) is 30.3. The Kier molecular flexibility index (Phi) is 8.02. The van der Waals surface area contributed by atoms with Gasteiger partial charge in [0.05, 0.1) is 16.0 Å². The van der Waals surface area contributed by atoms with Crippen LogP contribution in [0.5, 0.6) is 0 Å². The molecular weight excluding hydrogens is 576 g/mol. The van der Waals surface area contributed by atoms with Crippen molar-refractivity contribution in [1.82, 2.24) is 15.2 Å². The lowest BCUT2D eigenvalue weighted by Crippen LogP contribution is -2.39. The second-order valence-corrected chi connectivity index (χ2v) is 11.1. The van der Waals surface area contributed by atoms with Gasteiger partial charge >= 0.3 is 12.1 Å². The molecule has 0 aliphatic rings. The summed E-state index contributed by atoms with van der Waals surface area (Å²) in [4.78, 5) is 16.1. The fourth-order valence-electron chi connectivity index (χ4n) is 3.85. The summed E-state index contributed by atoms with van der Waals surface area (Å²) in [5.41, 5.74) is -5.48. The molecule has 0 saturated heterocycles. The molecular formula is C27H23F6N3O4S. The van der Waals surface area contributed by atoms with Crippen molar-refractivity contribution in [2.24, 2.45) is 5.41 Å². The van der Waals surface area contributed by atoms with E-state index in [9.17, 15) is 41.4 Å². The number of nitrogens with zero attached hydrogens (tertiary/aromatic N) is 3. The molecule has 14 heteroatoms. The minimum Gasteiger partial charge on any atom is -0.481 e. The van der Waals surface area contributed by atoms with Gasteiger partial charge in [-0.1, -0.05) is 24.3 Å². The molecule has 2 heterocycles. The first kappa shape index (κ1) is 30.2. The Bertz CT molecular complexity index is 1560. The fraction of sp³-hybridized carbons (Fsp3) is 0.333. The first-order chi connectivity index (χ1) is 19.0. The first-order valence-electron chi connectivity index (χ1n) is 12.0. The van der Waals surface area contributed by atoms with E-state index in [1.165, 1.54) is 38.1 Å². The Morgan fingerprint density at radius 1 is 1.05 bits per heavy atom. The van der Waals surface area contributed by atoms with Gasteiger partial charge in [-0.05, 0) is 50.1 Å². The number of thiazole rings is 1. The molecule has 7 nitrogen and oxygen atoms in total. The number of hydrogen-bond acceptors (Lipinski definition) is 7. The van der Waals surface area contributed by atoms with Gasteiger partial charge in [0.15, 0.2) is 10.6 Å². The average Bonchev–Trinajstić information content (AvgIpc) is 3.51. The van der Waals surface area contributed by atoms with Crippen LogP contribution in [-0.2, 0) is 23.2 Å². The lowest BCUT2D eigenvalue weighted by molar-refractivity contribution is -0.258. The number of carboxylic acid groups (broad SMARTS) is 1. The summed E-state index contributed by atoms with van der Waals surface area (Å²) in [5.74, 6) is -1.71. The fourth-order valence-corrected chi connectivity index (χ4v) is 4.90. The maximum Gasteiger partial charge on any atom is 0.421 e. The number of carboxylic acids is 1. The third-order valence-electron chi connectivity index (χ3n) is 6.45. The summed E-state index contributed by atoms with van der Waals surface area (Å²) in [6.45, 7) is 3.40. The van der Waals surface area contributed by atoms with Crippen LogP contribution in [0.3, 0.4) is 0 Å². The highest BCUT2D eigenvalue weighted by atomic mass is 32.1. The van der Waals surface area contributed by atoms with Gasteiger partial charge < -0.3 is 14.6 Å². The van der Waals surface area contributed by atoms with Gasteiger partial charge in [-0.25, -0.2) is 18.2 Å². The van der Waals surface area contributed by atoms with Crippen molar-refractivity contribution in [3.8, 4) is 21.3 Å². The van der Waals surface area contributed by atoms with Crippen LogP contribution in [0.2, 0.25) is 0 Å². The molecule has 2 aromatic heterocycles. The Balaban J connectivity index is 1.83. The van der Waals surface area contributed by atoms with Gasteiger partial charge in [-0.15, -0.1) is 21.5 Å². The van der Waals surface area contributed by atoms with E-state index in [0.717, 1.165) is 23.5 Å². The molecule has 4 rings (SSSR count). The molecule has 1 atom stereocenters. The Labute approximate surface area is 233 Å². The quantitative estimate of drug-likeness (QED) is 0.200. The molecule has 2 N–H and O–H groups in total. The smallest absolute Gasteiger partial charge is 0.421 e. The largest absolute Gasteiger partial charge is 0.481 e. The molecule has 0 radical (unpaired) electrons. The van der Waals surface area contributed by atoms with Gasteiger partial charge in [-0.3, -0.25) is 4.79 Å². The van der Waals surface area contributed by atoms with Crippen molar-refractivity contribution in [2.75, 3.05) is 0 Å². The highest BCUT2D eigenvalue weighted by molar-refractivity contribution is 7.18. The van der Waals surface area contributed by atoms with E-state index in [4.69, 9.17) is 4.42 Å². The Morgan fingerprint density at radius 2 is 1.71 bits per heavy atom. The van der Waals surface area contributed by atoms with Crippen LogP contribution in [0.15, 0.2) is 46.9 Å². The number of hydrogen-bond donors (Lipinski definition) is 2. The SMILES string of the molecule is CC(C)(Cc1nnc(-c2nc(Cc3ccc(F)cc3)c(-c3ccc(C(C)(O)C(F)(F)F)cc3C(F)F)s2)o1)C(=O)O. The number of aliphatic hydroxyl groups is 1. The van der Waals surface area contributed by atoms with Crippen molar-refractivity contribution in [3.63, 3.8) is 0 Å². The van der Waals surface area contributed by atoms with Crippen molar-refractivity contribution >= 4 is 17.3 Å². The number of alkyl halides is 5. The topological polar surface area (TPSA) is 109 Å². The van der Waals surface area contributed by atoms with Crippen molar-refractivity contribution in [2.45, 2.75) is 51.8 Å². The van der Waals surface area contributed by atoms with Gasteiger partial charge in [0.1, 0.15) is 5.82 Å². The lowest BCUT2D eigenvalue weighted by atomic mass is 9.90. The first-order valence-corrected chi connectivity index (χ1v) is 12.8. The number of aromatic nitrogens is 3. The maximum absolute atomic E-state index is 14.2. The van der Waals surface area contributed by atoms with Crippen LogP contribution in [-0.4, -0.2) is 37.5 Å². The molecule has 0 fully saturated rings. The van der Waals surface area contributed by atoms with E-state index in [1.54, 1.807) is 0 Å². The van der Waals surface area contributed by atoms with E-state index in [1.807, 2.05) is 0 Å². The van der Waals surface area contributed by atoms with E-state index in [-0.39, 0.29) is 45.8 Å². The zero-order valence-corrected chi connectivity index (χ0v) is 22.6. The third kappa shape index (κ3) is 6.27. The van der Waals surface area contributed by atoms with Crippen LogP contribution in [0.1, 0.15) is 55.5 Å². The normalized spacial score (nSPS) is 13.9. The maximum atomic E-state index is 14.2. The molecule has 218 valence electrons. The van der Waals surface area contributed by atoms with E-state index in [2.05, 4.69) is 15.2 Å². The van der Waals surface area contributed by atoms with Crippen LogP contribution < -0.4 is 0 Å². The minimum absolute atomic E-state index is 0.00348. The lowest BCUT2D eigenvalue weighted by Gasteiger charge is -2.27. The number of aliphatic carboxylic acids is 1. The summed E-state index contributed by atoms with van der Waals surface area (Å²) >= 11 is 0.860. The van der Waals surface area contributed by atoms with Crippen LogP contribution in [0, 0.1) is 11.2 Å². The molecule has 1 unspecified atom stereocenters. The van der Waals surface area contributed by atoms with E-state index >= 15 is 0 Å². The molecule has 41 heavy (non-hydrogen) atoms. The van der Waals surface area contributed by atoms with Crippen molar-refractivity contribution in [1.29, 1.82) is 0 Å². The molecule has 0 bridgehead atoms. The van der Waals surface area contributed by atoms with E-state index < -0.39 is 46.5 Å². The highest BCUT2D eigenvalue weighted by Gasteiger charge is 2.51. The summed E-state index contributed by atoms with van der Waals surface area (Å²) in [5, 5.41) is 27.3. The molecule has 0 spiro atoms. The molecule has 2 aromatic carbocycles. The summed E-state index contributed by atoms with van der Waals surface area (Å²) in [7, 11) is 0. The Hall–Kier alpha value is -3.78. The average molecular weight is 600 g/mol. The van der Waals surface area contributed by atoms with Crippen LogP contribution in [0.4, 0.5) is 26.3 Å². The summed E-state index contributed by atoms with van der Waals surface area (Å²) in [6, 6.07) is 7.91. The predicted molar refractivity (Wildman–Crippen MR) is 136 cm³/mol. The van der Waals surface area contributed by atoms with Crippen LogP contribution >= 0.6 is 11.3 Å². The number of carbonyl (C=O) groups is 1. The van der Waals surface area contributed by atoms with Crippen LogP contribution in [0.25, 0.3) is 21.3 Å². The second-order valence-electron chi connectivity index (χ2n) is 10.1. The second kappa shape index (κ2) is 10.9. The van der Waals surface area contributed by atoms with Gasteiger partial charge in [0, 0.05) is 24.0 Å². The number of halogens is 6. The summed E-state index contributed by atoms with van der Waals surface area (Å²) in [6.07, 6.45) is -8.41.